The normalized spacial score (nSPS) is 9.90. The van der Waals surface area contributed by atoms with Gasteiger partial charge in [0.25, 0.3) is 0 Å². The average molecular weight is 317 g/mol. The molecule has 0 unspecified atom stereocenters. The van der Waals surface area contributed by atoms with Crippen LogP contribution in [0.1, 0.15) is 0 Å². The molecule has 0 aliphatic heterocycles. The van der Waals surface area contributed by atoms with Gasteiger partial charge in [0.15, 0.2) is 5.82 Å². The number of aromatic nitrogens is 1. The van der Waals surface area contributed by atoms with Crippen LogP contribution in [0.2, 0.25) is 0 Å². The molecule has 0 bridgehead atoms. The number of hydrogen-bond donors (Lipinski definition) is 1. The molecule has 0 aromatic carbocycles. The van der Waals surface area contributed by atoms with Gasteiger partial charge < -0.3 is 5.73 Å². The molecule has 0 saturated heterocycles. The average Bonchev–Trinajstić information content (AvgIpc) is 1.93. The summed E-state index contributed by atoms with van der Waals surface area (Å²) in [6, 6.07) is 0. The maximum Gasteiger partial charge on any atom is 0.171 e. The topological polar surface area (TPSA) is 38.9 Å². The second kappa shape index (κ2) is 3.00. The minimum Gasteiger partial charge on any atom is -0.397 e. The van der Waals surface area contributed by atoms with Crippen LogP contribution in [-0.4, -0.2) is 4.98 Å². The summed E-state index contributed by atoms with van der Waals surface area (Å²) in [5.74, 6) is -0.402. The lowest BCUT2D eigenvalue weighted by atomic mass is 10.4. The zero-order chi connectivity index (χ0) is 7.72. The first-order valence-electron chi connectivity index (χ1n) is 2.38. The van der Waals surface area contributed by atoms with Gasteiger partial charge in [-0.3, -0.25) is 0 Å². The van der Waals surface area contributed by atoms with Crippen LogP contribution in [0.15, 0.2) is 10.8 Å². The van der Waals surface area contributed by atoms with E-state index in [1.165, 1.54) is 6.20 Å². The second-order valence-corrected chi connectivity index (χ2v) is 3.46. The zero-order valence-corrected chi connectivity index (χ0v) is 8.48. The molecular formula is C5H3BrFIN2. The third kappa shape index (κ3) is 1.39. The number of nitrogens with zero attached hydrogens (tertiary/aromatic N) is 1. The van der Waals surface area contributed by atoms with E-state index in [0.29, 0.717) is 9.26 Å². The van der Waals surface area contributed by atoms with Crippen LogP contribution in [0.5, 0.6) is 0 Å². The fourth-order valence-electron chi connectivity index (χ4n) is 0.457. The molecule has 0 radical (unpaired) electrons. The molecule has 1 aromatic rings. The highest BCUT2D eigenvalue weighted by molar-refractivity contribution is 14.1. The molecule has 0 aliphatic carbocycles. The Hall–Kier alpha value is 0.0900. The van der Waals surface area contributed by atoms with Crippen LogP contribution in [0.3, 0.4) is 0 Å². The lowest BCUT2D eigenvalue weighted by molar-refractivity contribution is 0.606. The van der Waals surface area contributed by atoms with Crippen molar-refractivity contribution in [2.45, 2.75) is 0 Å². The third-order valence-electron chi connectivity index (χ3n) is 0.944. The molecule has 1 heterocycles. The highest BCUT2D eigenvalue weighted by Crippen LogP contribution is 2.22. The molecule has 1 aromatic heterocycles. The van der Waals surface area contributed by atoms with Crippen LogP contribution in [0.4, 0.5) is 10.1 Å². The van der Waals surface area contributed by atoms with E-state index in [-0.39, 0.29) is 4.60 Å². The monoisotopic (exact) mass is 316 g/mol. The summed E-state index contributed by atoms with van der Waals surface area (Å²) < 4.78 is 13.4. The van der Waals surface area contributed by atoms with Gasteiger partial charge in [-0.05, 0) is 38.5 Å². The summed E-state index contributed by atoms with van der Waals surface area (Å²) >= 11 is 4.76. The molecule has 0 saturated carbocycles. The van der Waals surface area contributed by atoms with Gasteiger partial charge in [0.1, 0.15) is 4.60 Å². The van der Waals surface area contributed by atoms with Gasteiger partial charge >= 0.3 is 0 Å². The molecule has 0 aliphatic rings. The number of anilines is 1. The Labute approximate surface area is 79.3 Å². The highest BCUT2D eigenvalue weighted by Gasteiger charge is 2.07. The van der Waals surface area contributed by atoms with Gasteiger partial charge in [0, 0.05) is 0 Å². The quantitative estimate of drug-likeness (QED) is 0.588. The van der Waals surface area contributed by atoms with Crippen molar-refractivity contribution in [3.05, 3.63) is 20.2 Å². The van der Waals surface area contributed by atoms with Crippen molar-refractivity contribution >= 4 is 44.2 Å². The molecule has 2 nitrogen and oxygen atoms in total. The Balaban J connectivity index is 3.34. The number of nitrogens with two attached hydrogens (primary N) is 1. The van der Waals surface area contributed by atoms with E-state index in [2.05, 4.69) is 20.9 Å². The van der Waals surface area contributed by atoms with E-state index >= 15 is 0 Å². The number of rotatable bonds is 0. The van der Waals surface area contributed by atoms with Gasteiger partial charge in [-0.1, -0.05) is 0 Å². The van der Waals surface area contributed by atoms with Gasteiger partial charge in [0.2, 0.25) is 0 Å². The van der Waals surface area contributed by atoms with Crippen LogP contribution in [0, 0.1) is 9.39 Å². The molecule has 5 heteroatoms. The van der Waals surface area contributed by atoms with E-state index in [1.54, 1.807) is 0 Å². The lowest BCUT2D eigenvalue weighted by Gasteiger charge is -1.98. The molecule has 0 amide bonds. The smallest absolute Gasteiger partial charge is 0.171 e. The van der Waals surface area contributed by atoms with E-state index in [9.17, 15) is 4.39 Å². The first-order chi connectivity index (χ1) is 4.63. The molecule has 2 N–H and O–H groups in total. The van der Waals surface area contributed by atoms with Crippen LogP contribution >= 0.6 is 38.5 Å². The minimum absolute atomic E-state index is 0.200. The van der Waals surface area contributed by atoms with E-state index in [4.69, 9.17) is 5.73 Å². The molecule has 54 valence electrons. The SMILES string of the molecule is Nc1cnc(Br)c(F)c1I. The molecule has 1 rings (SSSR count). The van der Waals surface area contributed by atoms with E-state index in [0.717, 1.165) is 0 Å². The van der Waals surface area contributed by atoms with Gasteiger partial charge in [-0.2, -0.15) is 0 Å². The van der Waals surface area contributed by atoms with Crippen molar-refractivity contribution in [3.8, 4) is 0 Å². The second-order valence-electron chi connectivity index (χ2n) is 1.63. The predicted molar refractivity (Wildman–Crippen MR) is 49.0 cm³/mol. The highest BCUT2D eigenvalue weighted by atomic mass is 127. The molecule has 10 heavy (non-hydrogen) atoms. The van der Waals surface area contributed by atoms with Crippen molar-refractivity contribution in [1.29, 1.82) is 0 Å². The summed E-state index contributed by atoms with van der Waals surface area (Å²) in [4.78, 5) is 3.65. The van der Waals surface area contributed by atoms with E-state index < -0.39 is 5.82 Å². The number of halogens is 3. The zero-order valence-electron chi connectivity index (χ0n) is 4.74. The van der Waals surface area contributed by atoms with Crippen LogP contribution < -0.4 is 5.73 Å². The molecule has 0 spiro atoms. The Bertz CT molecular complexity index is 239. The predicted octanol–water partition coefficient (Wildman–Crippen LogP) is 2.17. The summed E-state index contributed by atoms with van der Waals surface area (Å²) in [6.07, 6.45) is 1.41. The van der Waals surface area contributed by atoms with Crippen molar-refractivity contribution < 1.29 is 4.39 Å². The molecule has 0 fully saturated rings. The summed E-state index contributed by atoms with van der Waals surface area (Å²) in [5.41, 5.74) is 5.72. The largest absolute Gasteiger partial charge is 0.397 e. The van der Waals surface area contributed by atoms with Crippen LogP contribution in [0.25, 0.3) is 0 Å². The Morgan fingerprint density at radius 2 is 2.30 bits per heavy atom. The fraction of sp³-hybridized carbons (Fsp3) is 0. The first kappa shape index (κ1) is 8.19. The summed E-state index contributed by atoms with van der Waals surface area (Å²) in [5, 5.41) is 0. The Kier molecular flexibility index (Phi) is 2.45. The number of pyridine rings is 1. The maximum absolute atomic E-state index is 12.8. The Morgan fingerprint density at radius 3 is 2.80 bits per heavy atom. The number of hydrogen-bond acceptors (Lipinski definition) is 2. The molecular weight excluding hydrogens is 314 g/mol. The van der Waals surface area contributed by atoms with Crippen molar-refractivity contribution in [2.24, 2.45) is 0 Å². The van der Waals surface area contributed by atoms with Crippen molar-refractivity contribution in [2.75, 3.05) is 5.73 Å². The third-order valence-corrected chi connectivity index (χ3v) is 2.59. The Morgan fingerprint density at radius 1 is 1.70 bits per heavy atom. The number of nitrogen functional groups attached to an aromatic ring is 1. The standard InChI is InChI=1S/C5H3BrFIN2/c6-5-3(7)4(8)2(9)1-10-5/h1H,9H2. The van der Waals surface area contributed by atoms with Crippen molar-refractivity contribution in [1.82, 2.24) is 4.98 Å². The summed E-state index contributed by atoms with van der Waals surface area (Å²) in [7, 11) is 0. The first-order valence-corrected chi connectivity index (χ1v) is 4.25. The van der Waals surface area contributed by atoms with Crippen molar-refractivity contribution in [3.63, 3.8) is 0 Å². The molecule has 0 atom stereocenters. The van der Waals surface area contributed by atoms with Crippen LogP contribution in [-0.2, 0) is 0 Å². The van der Waals surface area contributed by atoms with Gasteiger partial charge in [-0.25, -0.2) is 9.37 Å². The fourth-order valence-corrected chi connectivity index (χ4v) is 1.52. The van der Waals surface area contributed by atoms with E-state index in [1.807, 2.05) is 22.6 Å². The van der Waals surface area contributed by atoms with Gasteiger partial charge in [0.05, 0.1) is 15.5 Å². The van der Waals surface area contributed by atoms with Gasteiger partial charge in [-0.15, -0.1) is 0 Å². The minimum atomic E-state index is -0.402. The maximum atomic E-state index is 12.8. The lowest BCUT2D eigenvalue weighted by Crippen LogP contribution is -1.95. The summed E-state index contributed by atoms with van der Waals surface area (Å²) in [6.45, 7) is 0.